The second-order valence-corrected chi connectivity index (χ2v) is 11.5. The molecule has 1 aliphatic rings. The van der Waals surface area contributed by atoms with Crippen LogP contribution >= 0.6 is 23.4 Å². The molecule has 0 bridgehead atoms. The normalized spacial score (nSPS) is 14.7. The minimum Gasteiger partial charge on any atom is -0.496 e. The van der Waals surface area contributed by atoms with Crippen molar-refractivity contribution >= 4 is 39.3 Å². The van der Waals surface area contributed by atoms with Gasteiger partial charge in [-0.1, -0.05) is 30.2 Å². The number of nitrogens with zero attached hydrogens (tertiary/aromatic N) is 1. The summed E-state index contributed by atoms with van der Waals surface area (Å²) in [6.45, 7) is 1.69. The summed E-state index contributed by atoms with van der Waals surface area (Å²) in [4.78, 5) is 12.6. The first-order chi connectivity index (χ1) is 15.9. The van der Waals surface area contributed by atoms with Crippen LogP contribution in [-0.4, -0.2) is 51.1 Å². The molecule has 9 heteroatoms. The number of benzene rings is 2. The number of rotatable bonds is 11. The van der Waals surface area contributed by atoms with Crippen molar-refractivity contribution in [1.29, 1.82) is 0 Å². The molecule has 0 aliphatic carbocycles. The van der Waals surface area contributed by atoms with E-state index in [0.717, 1.165) is 46.9 Å². The van der Waals surface area contributed by atoms with E-state index in [9.17, 15) is 13.2 Å². The second-order valence-electron chi connectivity index (χ2n) is 7.97. The highest BCUT2D eigenvalue weighted by atomic mass is 35.5. The summed E-state index contributed by atoms with van der Waals surface area (Å²) in [5, 5.41) is 3.66. The number of sulfonamides is 1. The Morgan fingerprint density at radius 2 is 1.94 bits per heavy atom. The van der Waals surface area contributed by atoms with Gasteiger partial charge in [0.05, 0.1) is 12.0 Å². The Kier molecular flexibility index (Phi) is 9.92. The lowest BCUT2D eigenvalue weighted by Gasteiger charge is -2.26. The van der Waals surface area contributed by atoms with Gasteiger partial charge in [0.1, 0.15) is 5.75 Å². The number of hydrogen-bond acceptors (Lipinski definition) is 5. The Morgan fingerprint density at radius 3 is 2.67 bits per heavy atom. The molecule has 6 nitrogen and oxygen atoms in total. The monoisotopic (exact) mass is 510 g/mol. The van der Waals surface area contributed by atoms with Crippen LogP contribution in [0.3, 0.4) is 0 Å². The van der Waals surface area contributed by atoms with Gasteiger partial charge in [-0.25, -0.2) is 8.42 Å². The van der Waals surface area contributed by atoms with Crippen molar-refractivity contribution in [2.24, 2.45) is 0 Å². The number of methoxy groups -OCH3 is 1. The van der Waals surface area contributed by atoms with Crippen LogP contribution in [0.1, 0.15) is 36.8 Å². The molecule has 3 rings (SSSR count). The summed E-state index contributed by atoms with van der Waals surface area (Å²) in [5.74, 6) is 2.17. The molecule has 1 heterocycles. The van der Waals surface area contributed by atoms with E-state index in [4.69, 9.17) is 16.3 Å². The molecule has 2 aromatic carbocycles. The lowest BCUT2D eigenvalue weighted by molar-refractivity contribution is -0.120. The SMILES string of the molecule is COc1ccc(S(=O)(=O)N2CCCCC2)cc1CCC(=O)NCCSCc1cccc(Cl)c1. The van der Waals surface area contributed by atoms with E-state index < -0.39 is 10.0 Å². The molecule has 180 valence electrons. The molecule has 0 radical (unpaired) electrons. The van der Waals surface area contributed by atoms with E-state index in [1.807, 2.05) is 24.3 Å². The molecule has 0 aromatic heterocycles. The number of carbonyl (C=O) groups excluding carboxylic acids is 1. The van der Waals surface area contributed by atoms with Crippen molar-refractivity contribution in [2.75, 3.05) is 32.5 Å². The number of nitrogens with one attached hydrogen (secondary N) is 1. The number of amides is 1. The Balaban J connectivity index is 1.49. The van der Waals surface area contributed by atoms with Gasteiger partial charge in [0.15, 0.2) is 0 Å². The summed E-state index contributed by atoms with van der Waals surface area (Å²) in [5.41, 5.74) is 1.88. The van der Waals surface area contributed by atoms with Crippen molar-refractivity contribution in [2.45, 2.75) is 42.8 Å². The van der Waals surface area contributed by atoms with Crippen LogP contribution < -0.4 is 10.1 Å². The third-order valence-corrected chi connectivity index (χ3v) is 8.71. The predicted octanol–water partition coefficient (Wildman–Crippen LogP) is 4.51. The molecule has 1 N–H and O–H groups in total. The molecular formula is C24H31ClN2O4S2. The first kappa shape index (κ1) is 25.9. The average Bonchev–Trinajstić information content (AvgIpc) is 2.83. The highest BCUT2D eigenvalue weighted by Crippen LogP contribution is 2.27. The van der Waals surface area contributed by atoms with Crippen LogP contribution in [0.25, 0.3) is 0 Å². The topological polar surface area (TPSA) is 75.7 Å². The molecule has 0 saturated carbocycles. The standard InChI is InChI=1S/C24H31ClN2O4S2/c1-31-23-10-9-22(33(29,30)27-13-3-2-4-14-27)17-20(23)8-11-24(28)26-12-15-32-18-19-6-5-7-21(25)16-19/h5-7,9-10,16-17H,2-4,8,11-15,18H2,1H3,(H,26,28). The molecule has 2 aromatic rings. The lowest BCUT2D eigenvalue weighted by Crippen LogP contribution is -2.35. The summed E-state index contributed by atoms with van der Waals surface area (Å²) in [6, 6.07) is 12.7. The smallest absolute Gasteiger partial charge is 0.243 e. The number of hydrogen-bond donors (Lipinski definition) is 1. The Labute approximate surface area is 206 Å². The van der Waals surface area contributed by atoms with Crippen LogP contribution in [0.5, 0.6) is 5.75 Å². The van der Waals surface area contributed by atoms with Crippen molar-refractivity contribution in [1.82, 2.24) is 9.62 Å². The van der Waals surface area contributed by atoms with Gasteiger partial charge in [0.2, 0.25) is 15.9 Å². The molecular weight excluding hydrogens is 480 g/mol. The molecule has 1 amide bonds. The number of aryl methyl sites for hydroxylation is 1. The first-order valence-electron chi connectivity index (χ1n) is 11.2. The maximum Gasteiger partial charge on any atom is 0.243 e. The van der Waals surface area contributed by atoms with Crippen molar-refractivity contribution in [3.63, 3.8) is 0 Å². The number of halogens is 1. The minimum atomic E-state index is -3.53. The van der Waals surface area contributed by atoms with Crippen LogP contribution in [0.4, 0.5) is 0 Å². The average molecular weight is 511 g/mol. The summed E-state index contributed by atoms with van der Waals surface area (Å²) >= 11 is 7.73. The van der Waals surface area contributed by atoms with E-state index in [1.54, 1.807) is 41.4 Å². The maximum atomic E-state index is 13.0. The zero-order valence-electron chi connectivity index (χ0n) is 18.9. The number of thioether (sulfide) groups is 1. The largest absolute Gasteiger partial charge is 0.496 e. The van der Waals surface area contributed by atoms with E-state index in [1.165, 1.54) is 0 Å². The Morgan fingerprint density at radius 1 is 1.15 bits per heavy atom. The van der Waals surface area contributed by atoms with Gasteiger partial charge >= 0.3 is 0 Å². The Hall–Kier alpha value is -1.74. The molecule has 1 aliphatic heterocycles. The number of carbonyl (C=O) groups is 1. The predicted molar refractivity (Wildman–Crippen MR) is 135 cm³/mol. The van der Waals surface area contributed by atoms with E-state index in [-0.39, 0.29) is 17.2 Å². The zero-order chi connectivity index (χ0) is 23.7. The molecule has 0 atom stereocenters. The highest BCUT2D eigenvalue weighted by Gasteiger charge is 2.26. The fourth-order valence-corrected chi connectivity index (χ4v) is 6.37. The van der Waals surface area contributed by atoms with Gasteiger partial charge in [-0.2, -0.15) is 16.1 Å². The first-order valence-corrected chi connectivity index (χ1v) is 14.1. The molecule has 33 heavy (non-hydrogen) atoms. The molecule has 1 fully saturated rings. The second kappa shape index (κ2) is 12.6. The summed E-state index contributed by atoms with van der Waals surface area (Å²) in [6.07, 6.45) is 3.52. The van der Waals surface area contributed by atoms with Crippen molar-refractivity contribution in [3.05, 3.63) is 58.6 Å². The van der Waals surface area contributed by atoms with Crippen LogP contribution in [0.15, 0.2) is 47.4 Å². The van der Waals surface area contributed by atoms with E-state index in [0.29, 0.717) is 31.8 Å². The quantitative estimate of drug-likeness (QED) is 0.450. The van der Waals surface area contributed by atoms with Crippen LogP contribution in [0, 0.1) is 0 Å². The summed E-state index contributed by atoms with van der Waals surface area (Å²) < 4.78 is 32.9. The van der Waals surface area contributed by atoms with Gasteiger partial charge in [0, 0.05) is 42.6 Å². The fourth-order valence-electron chi connectivity index (χ4n) is 3.78. The number of piperidine rings is 1. The van der Waals surface area contributed by atoms with E-state index >= 15 is 0 Å². The van der Waals surface area contributed by atoms with Crippen LogP contribution in [0.2, 0.25) is 5.02 Å². The summed E-state index contributed by atoms with van der Waals surface area (Å²) in [7, 11) is -1.98. The minimum absolute atomic E-state index is 0.0651. The van der Waals surface area contributed by atoms with E-state index in [2.05, 4.69) is 5.32 Å². The molecule has 0 unspecified atom stereocenters. The highest BCUT2D eigenvalue weighted by molar-refractivity contribution is 7.98. The zero-order valence-corrected chi connectivity index (χ0v) is 21.3. The maximum absolute atomic E-state index is 13.0. The Bertz CT molecular complexity index is 1040. The van der Waals surface area contributed by atoms with Crippen LogP contribution in [-0.2, 0) is 27.0 Å². The fraction of sp³-hybridized carbons (Fsp3) is 0.458. The molecule has 0 spiro atoms. The third-order valence-electron chi connectivity index (χ3n) is 5.55. The van der Waals surface area contributed by atoms with Gasteiger partial charge in [-0.15, -0.1) is 0 Å². The van der Waals surface area contributed by atoms with Gasteiger partial charge in [-0.3, -0.25) is 4.79 Å². The van der Waals surface area contributed by atoms with Crippen molar-refractivity contribution < 1.29 is 17.9 Å². The number of ether oxygens (including phenoxy) is 1. The van der Waals surface area contributed by atoms with Crippen molar-refractivity contribution in [3.8, 4) is 5.75 Å². The third kappa shape index (κ3) is 7.64. The lowest BCUT2D eigenvalue weighted by atomic mass is 10.1. The van der Waals surface area contributed by atoms with Gasteiger partial charge in [0.25, 0.3) is 0 Å². The van der Waals surface area contributed by atoms with Gasteiger partial charge < -0.3 is 10.1 Å². The molecule has 1 saturated heterocycles. The van der Waals surface area contributed by atoms with Gasteiger partial charge in [-0.05, 0) is 60.7 Å².